The van der Waals surface area contributed by atoms with Crippen molar-refractivity contribution >= 4 is 0 Å². The Hall–Kier alpha value is -1.06. The smallest absolute Gasteiger partial charge is 0.119 e. The first kappa shape index (κ1) is 14.0. The van der Waals surface area contributed by atoms with E-state index in [1.165, 1.54) is 11.1 Å². The Bertz CT molecular complexity index is 350. The Balaban J connectivity index is 2.60. The third-order valence-electron chi connectivity index (χ3n) is 2.94. The van der Waals surface area contributed by atoms with Crippen LogP contribution in [0.5, 0.6) is 5.75 Å². The number of benzene rings is 1. The molecule has 0 aliphatic rings. The number of nitrogens with two attached hydrogens (primary N) is 1. The van der Waals surface area contributed by atoms with Crippen LogP contribution in [0.3, 0.4) is 0 Å². The van der Waals surface area contributed by atoms with Crippen LogP contribution in [-0.4, -0.2) is 23.9 Å². The molecule has 0 radical (unpaired) electrons. The van der Waals surface area contributed by atoms with Crippen LogP contribution < -0.4 is 10.5 Å². The predicted molar refractivity (Wildman–Crippen MR) is 70.3 cm³/mol. The molecule has 3 nitrogen and oxygen atoms in total. The second-order valence-electron chi connectivity index (χ2n) is 4.49. The summed E-state index contributed by atoms with van der Waals surface area (Å²) in [5.41, 5.74) is 8.08. The summed E-state index contributed by atoms with van der Waals surface area (Å²) in [5, 5.41) is 9.67. The van der Waals surface area contributed by atoms with E-state index in [9.17, 15) is 5.11 Å². The topological polar surface area (TPSA) is 55.5 Å². The van der Waals surface area contributed by atoms with Crippen molar-refractivity contribution in [1.29, 1.82) is 0 Å². The fraction of sp³-hybridized carbons (Fsp3) is 0.571. The van der Waals surface area contributed by atoms with Crippen LogP contribution in [0, 0.1) is 6.92 Å². The van der Waals surface area contributed by atoms with Gasteiger partial charge in [0.2, 0.25) is 0 Å². The van der Waals surface area contributed by atoms with Gasteiger partial charge < -0.3 is 15.6 Å². The molecule has 2 atom stereocenters. The van der Waals surface area contributed by atoms with Gasteiger partial charge in [0, 0.05) is 6.04 Å². The molecule has 1 aromatic rings. The molecule has 3 heteroatoms. The Morgan fingerprint density at radius 1 is 1.41 bits per heavy atom. The number of hydrogen-bond donors (Lipinski definition) is 2. The number of rotatable bonds is 6. The van der Waals surface area contributed by atoms with Gasteiger partial charge in [0.05, 0.1) is 12.7 Å². The van der Waals surface area contributed by atoms with Crippen molar-refractivity contribution < 1.29 is 9.84 Å². The first-order valence-corrected chi connectivity index (χ1v) is 6.20. The third kappa shape index (κ3) is 4.36. The van der Waals surface area contributed by atoms with E-state index in [0.29, 0.717) is 13.0 Å². The van der Waals surface area contributed by atoms with E-state index in [2.05, 4.69) is 13.0 Å². The maximum absolute atomic E-state index is 9.67. The highest BCUT2D eigenvalue weighted by molar-refractivity contribution is 5.34. The zero-order valence-corrected chi connectivity index (χ0v) is 10.9. The summed E-state index contributed by atoms with van der Waals surface area (Å²) in [7, 11) is 0. The number of aliphatic hydroxyl groups excluding tert-OH is 1. The fourth-order valence-electron chi connectivity index (χ4n) is 1.77. The van der Waals surface area contributed by atoms with Crippen molar-refractivity contribution in [3.8, 4) is 5.75 Å². The normalized spacial score (nSPS) is 14.4. The molecule has 3 N–H and O–H groups in total. The van der Waals surface area contributed by atoms with Crippen molar-refractivity contribution in [2.24, 2.45) is 5.73 Å². The highest BCUT2D eigenvalue weighted by Crippen LogP contribution is 2.19. The van der Waals surface area contributed by atoms with Gasteiger partial charge in [-0.15, -0.1) is 0 Å². The third-order valence-corrected chi connectivity index (χ3v) is 2.94. The van der Waals surface area contributed by atoms with Crippen LogP contribution in [0.2, 0.25) is 0 Å². The summed E-state index contributed by atoms with van der Waals surface area (Å²) >= 11 is 0. The minimum absolute atomic E-state index is 0.169. The number of aryl methyl sites for hydroxylation is 2. The van der Waals surface area contributed by atoms with Gasteiger partial charge in [-0.05, 0) is 56.9 Å². The molecule has 17 heavy (non-hydrogen) atoms. The molecule has 96 valence electrons. The SMILES string of the molecule is CCOc1ccc(CCC(O)C(C)N)c(C)c1. The van der Waals surface area contributed by atoms with Gasteiger partial charge in [0.1, 0.15) is 5.75 Å². The van der Waals surface area contributed by atoms with Crippen LogP contribution in [0.15, 0.2) is 18.2 Å². The highest BCUT2D eigenvalue weighted by atomic mass is 16.5. The second kappa shape index (κ2) is 6.62. The summed E-state index contributed by atoms with van der Waals surface area (Å²) in [4.78, 5) is 0. The van der Waals surface area contributed by atoms with Gasteiger partial charge in [0.15, 0.2) is 0 Å². The standard InChI is InChI=1S/C14H23NO2/c1-4-17-13-7-5-12(10(2)9-13)6-8-14(16)11(3)15/h5,7,9,11,14,16H,4,6,8,15H2,1-3H3. The molecule has 0 amide bonds. The average molecular weight is 237 g/mol. The first-order valence-electron chi connectivity index (χ1n) is 6.20. The summed E-state index contributed by atoms with van der Waals surface area (Å²) in [6.07, 6.45) is 1.12. The Morgan fingerprint density at radius 3 is 2.65 bits per heavy atom. The van der Waals surface area contributed by atoms with Gasteiger partial charge in [-0.25, -0.2) is 0 Å². The zero-order chi connectivity index (χ0) is 12.8. The van der Waals surface area contributed by atoms with Gasteiger partial charge in [0.25, 0.3) is 0 Å². The van der Waals surface area contributed by atoms with Crippen molar-refractivity contribution in [2.75, 3.05) is 6.61 Å². The lowest BCUT2D eigenvalue weighted by Gasteiger charge is -2.15. The summed E-state index contributed by atoms with van der Waals surface area (Å²) in [6.45, 7) is 6.55. The lowest BCUT2D eigenvalue weighted by atomic mass is 9.99. The van der Waals surface area contributed by atoms with Crippen molar-refractivity contribution in [1.82, 2.24) is 0 Å². The van der Waals surface area contributed by atoms with E-state index in [1.807, 2.05) is 26.0 Å². The van der Waals surface area contributed by atoms with E-state index in [4.69, 9.17) is 10.5 Å². The molecule has 1 rings (SSSR count). The quantitative estimate of drug-likeness (QED) is 0.796. The molecule has 0 bridgehead atoms. The summed E-state index contributed by atoms with van der Waals surface area (Å²) in [6, 6.07) is 5.91. The van der Waals surface area contributed by atoms with Crippen LogP contribution >= 0.6 is 0 Å². The van der Waals surface area contributed by atoms with Crippen molar-refractivity contribution in [3.05, 3.63) is 29.3 Å². The van der Waals surface area contributed by atoms with Crippen molar-refractivity contribution in [2.45, 2.75) is 45.8 Å². The average Bonchev–Trinajstić information content (AvgIpc) is 2.27. The molecule has 0 heterocycles. The molecule has 0 aliphatic carbocycles. The van der Waals surface area contributed by atoms with Gasteiger partial charge in [-0.1, -0.05) is 6.07 Å². The van der Waals surface area contributed by atoms with Gasteiger partial charge in [-0.2, -0.15) is 0 Å². The molecule has 0 aliphatic heterocycles. The molecule has 0 aromatic heterocycles. The van der Waals surface area contributed by atoms with E-state index in [0.717, 1.165) is 12.2 Å². The summed E-state index contributed by atoms with van der Waals surface area (Å²) < 4.78 is 5.44. The zero-order valence-electron chi connectivity index (χ0n) is 10.9. The number of ether oxygens (including phenoxy) is 1. The summed E-state index contributed by atoms with van der Waals surface area (Å²) in [5.74, 6) is 0.904. The van der Waals surface area contributed by atoms with E-state index >= 15 is 0 Å². The predicted octanol–water partition coefficient (Wildman–Crippen LogP) is 2.03. The Morgan fingerprint density at radius 2 is 2.12 bits per heavy atom. The van der Waals surface area contributed by atoms with E-state index in [-0.39, 0.29) is 6.04 Å². The van der Waals surface area contributed by atoms with E-state index in [1.54, 1.807) is 0 Å². The highest BCUT2D eigenvalue weighted by Gasteiger charge is 2.10. The van der Waals surface area contributed by atoms with Crippen LogP contribution in [0.25, 0.3) is 0 Å². The monoisotopic (exact) mass is 237 g/mol. The lowest BCUT2D eigenvalue weighted by molar-refractivity contribution is 0.141. The maximum atomic E-state index is 9.67. The lowest BCUT2D eigenvalue weighted by Crippen LogP contribution is -2.31. The molecule has 0 fully saturated rings. The van der Waals surface area contributed by atoms with Crippen LogP contribution in [0.1, 0.15) is 31.4 Å². The molecule has 0 saturated carbocycles. The fourth-order valence-corrected chi connectivity index (χ4v) is 1.77. The molecule has 0 spiro atoms. The Labute approximate surface area is 104 Å². The molecule has 0 saturated heterocycles. The van der Waals surface area contributed by atoms with E-state index < -0.39 is 6.10 Å². The molecule has 1 aromatic carbocycles. The minimum Gasteiger partial charge on any atom is -0.494 e. The van der Waals surface area contributed by atoms with Crippen molar-refractivity contribution in [3.63, 3.8) is 0 Å². The largest absolute Gasteiger partial charge is 0.494 e. The number of aliphatic hydroxyl groups is 1. The van der Waals surface area contributed by atoms with Gasteiger partial charge >= 0.3 is 0 Å². The van der Waals surface area contributed by atoms with Gasteiger partial charge in [-0.3, -0.25) is 0 Å². The molecular weight excluding hydrogens is 214 g/mol. The van der Waals surface area contributed by atoms with Crippen LogP contribution in [-0.2, 0) is 6.42 Å². The number of hydrogen-bond acceptors (Lipinski definition) is 3. The first-order chi connectivity index (χ1) is 8.04. The minimum atomic E-state index is -0.430. The van der Waals surface area contributed by atoms with Crippen LogP contribution in [0.4, 0.5) is 0 Å². The molecular formula is C14H23NO2. The second-order valence-corrected chi connectivity index (χ2v) is 4.49. The Kier molecular flexibility index (Phi) is 5.45. The molecule has 2 unspecified atom stereocenters. The maximum Gasteiger partial charge on any atom is 0.119 e.